The molecular formula is C20H27N3O4S. The van der Waals surface area contributed by atoms with Gasteiger partial charge in [-0.05, 0) is 42.7 Å². The second-order valence-electron chi connectivity index (χ2n) is 6.43. The van der Waals surface area contributed by atoms with Crippen LogP contribution >= 0.6 is 0 Å². The Morgan fingerprint density at radius 1 is 1.04 bits per heavy atom. The molecule has 0 aliphatic heterocycles. The lowest BCUT2D eigenvalue weighted by atomic mass is 10.1. The molecule has 0 spiro atoms. The summed E-state index contributed by atoms with van der Waals surface area (Å²) in [6.45, 7) is 0.197. The molecule has 0 saturated heterocycles. The molecule has 0 aliphatic rings. The average Bonchev–Trinajstić information content (AvgIpc) is 2.70. The number of carbonyl (C=O) groups excluding carboxylic acids is 1. The van der Waals surface area contributed by atoms with Gasteiger partial charge < -0.3 is 10.1 Å². The number of amides is 1. The molecule has 2 rings (SSSR count). The van der Waals surface area contributed by atoms with Crippen molar-refractivity contribution in [1.29, 1.82) is 0 Å². The minimum Gasteiger partial charge on any atom is -0.497 e. The van der Waals surface area contributed by atoms with E-state index in [2.05, 4.69) is 5.32 Å². The predicted octanol–water partition coefficient (Wildman–Crippen LogP) is 2.06. The third-order valence-corrected chi connectivity index (χ3v) is 6.01. The Bertz CT molecular complexity index is 853. The SMILES string of the molecule is COc1ccc(CCCNC(=O)CN(c2ccccc2)S(=O)(=O)N(C)C)cc1. The van der Waals surface area contributed by atoms with Gasteiger partial charge in [-0.25, -0.2) is 4.31 Å². The zero-order valence-electron chi connectivity index (χ0n) is 16.5. The van der Waals surface area contributed by atoms with E-state index in [4.69, 9.17) is 4.74 Å². The van der Waals surface area contributed by atoms with Gasteiger partial charge >= 0.3 is 10.2 Å². The van der Waals surface area contributed by atoms with E-state index in [0.29, 0.717) is 12.2 Å². The maximum absolute atomic E-state index is 12.6. The van der Waals surface area contributed by atoms with Gasteiger partial charge in [0.1, 0.15) is 12.3 Å². The number of para-hydroxylation sites is 1. The van der Waals surface area contributed by atoms with E-state index >= 15 is 0 Å². The molecule has 0 unspecified atom stereocenters. The van der Waals surface area contributed by atoms with Gasteiger partial charge in [-0.2, -0.15) is 12.7 Å². The summed E-state index contributed by atoms with van der Waals surface area (Å²) in [5, 5.41) is 2.80. The largest absolute Gasteiger partial charge is 0.497 e. The van der Waals surface area contributed by atoms with Gasteiger partial charge in [0.2, 0.25) is 5.91 Å². The van der Waals surface area contributed by atoms with Crippen LogP contribution in [0.3, 0.4) is 0 Å². The lowest BCUT2D eigenvalue weighted by Gasteiger charge is -2.26. The molecule has 1 amide bonds. The number of rotatable bonds is 10. The van der Waals surface area contributed by atoms with E-state index in [0.717, 1.165) is 32.8 Å². The minimum absolute atomic E-state index is 0.271. The van der Waals surface area contributed by atoms with Crippen molar-refractivity contribution >= 4 is 21.8 Å². The first-order chi connectivity index (χ1) is 13.3. The van der Waals surface area contributed by atoms with Crippen LogP contribution in [0.4, 0.5) is 5.69 Å². The number of ether oxygens (including phenoxy) is 1. The fraction of sp³-hybridized carbons (Fsp3) is 0.350. The highest BCUT2D eigenvalue weighted by Gasteiger charge is 2.26. The lowest BCUT2D eigenvalue weighted by molar-refractivity contribution is -0.119. The number of anilines is 1. The van der Waals surface area contributed by atoms with E-state index < -0.39 is 10.2 Å². The van der Waals surface area contributed by atoms with Crippen LogP contribution in [0.1, 0.15) is 12.0 Å². The number of carbonyl (C=O) groups is 1. The number of benzene rings is 2. The average molecular weight is 406 g/mol. The molecular weight excluding hydrogens is 378 g/mol. The number of hydrogen-bond acceptors (Lipinski definition) is 4. The maximum Gasteiger partial charge on any atom is 0.304 e. The molecule has 0 atom stereocenters. The molecule has 28 heavy (non-hydrogen) atoms. The van der Waals surface area contributed by atoms with Crippen LogP contribution < -0.4 is 14.4 Å². The Hall–Kier alpha value is -2.58. The Morgan fingerprint density at radius 3 is 2.25 bits per heavy atom. The summed E-state index contributed by atoms with van der Waals surface area (Å²) in [5.74, 6) is 0.462. The van der Waals surface area contributed by atoms with Crippen molar-refractivity contribution in [3.05, 3.63) is 60.2 Å². The first kappa shape index (κ1) is 21.7. The zero-order valence-corrected chi connectivity index (χ0v) is 17.3. The highest BCUT2D eigenvalue weighted by molar-refractivity contribution is 7.90. The molecule has 0 saturated carbocycles. The quantitative estimate of drug-likeness (QED) is 0.614. The fourth-order valence-corrected chi connectivity index (χ4v) is 3.66. The summed E-state index contributed by atoms with van der Waals surface area (Å²) in [6, 6.07) is 16.4. The van der Waals surface area contributed by atoms with Crippen molar-refractivity contribution in [1.82, 2.24) is 9.62 Å². The molecule has 0 aliphatic carbocycles. The van der Waals surface area contributed by atoms with Crippen molar-refractivity contribution in [2.24, 2.45) is 0 Å². The predicted molar refractivity (Wildman–Crippen MR) is 111 cm³/mol. The summed E-state index contributed by atoms with van der Waals surface area (Å²) in [5.41, 5.74) is 1.60. The molecule has 152 valence electrons. The molecule has 0 bridgehead atoms. The normalized spacial score (nSPS) is 11.3. The van der Waals surface area contributed by atoms with Crippen LogP contribution in [0.15, 0.2) is 54.6 Å². The highest BCUT2D eigenvalue weighted by atomic mass is 32.2. The maximum atomic E-state index is 12.6. The summed E-state index contributed by atoms with van der Waals surface area (Å²) in [4.78, 5) is 12.3. The van der Waals surface area contributed by atoms with Crippen molar-refractivity contribution in [2.75, 3.05) is 38.6 Å². The van der Waals surface area contributed by atoms with Crippen LogP contribution in [-0.4, -0.2) is 52.9 Å². The van der Waals surface area contributed by atoms with Crippen LogP contribution in [0.5, 0.6) is 5.75 Å². The van der Waals surface area contributed by atoms with Gasteiger partial charge in [-0.3, -0.25) is 4.79 Å². The fourth-order valence-electron chi connectivity index (χ4n) is 2.60. The Labute approximate surface area is 167 Å². The Kier molecular flexibility index (Phi) is 7.83. The van der Waals surface area contributed by atoms with Crippen molar-refractivity contribution in [3.8, 4) is 5.75 Å². The third-order valence-electron chi connectivity index (χ3n) is 4.19. The van der Waals surface area contributed by atoms with Gasteiger partial charge in [0.25, 0.3) is 0 Å². The molecule has 1 N–H and O–H groups in total. The molecule has 0 radical (unpaired) electrons. The van der Waals surface area contributed by atoms with Crippen LogP contribution in [0, 0.1) is 0 Å². The molecule has 2 aromatic rings. The van der Waals surface area contributed by atoms with Crippen molar-refractivity contribution < 1.29 is 17.9 Å². The van der Waals surface area contributed by atoms with E-state index in [1.54, 1.807) is 37.4 Å². The molecule has 0 aromatic heterocycles. The number of nitrogens with zero attached hydrogens (tertiary/aromatic N) is 2. The van der Waals surface area contributed by atoms with Gasteiger partial charge in [-0.15, -0.1) is 0 Å². The molecule has 0 fully saturated rings. The number of methoxy groups -OCH3 is 1. The first-order valence-corrected chi connectivity index (χ1v) is 10.4. The second-order valence-corrected chi connectivity index (χ2v) is 8.50. The van der Waals surface area contributed by atoms with Crippen molar-refractivity contribution in [3.63, 3.8) is 0 Å². The molecule has 2 aromatic carbocycles. The molecule has 8 heteroatoms. The molecule has 7 nitrogen and oxygen atoms in total. The van der Waals surface area contributed by atoms with Crippen LogP contribution in [-0.2, 0) is 21.4 Å². The lowest BCUT2D eigenvalue weighted by Crippen LogP contribution is -2.46. The Balaban J connectivity index is 1.91. The number of hydrogen-bond donors (Lipinski definition) is 1. The number of aryl methyl sites for hydroxylation is 1. The van der Waals surface area contributed by atoms with Crippen molar-refractivity contribution in [2.45, 2.75) is 12.8 Å². The van der Waals surface area contributed by atoms with Gasteiger partial charge in [-0.1, -0.05) is 30.3 Å². The number of nitrogens with one attached hydrogen (secondary N) is 1. The highest BCUT2D eigenvalue weighted by Crippen LogP contribution is 2.18. The van der Waals surface area contributed by atoms with E-state index in [1.807, 2.05) is 24.3 Å². The van der Waals surface area contributed by atoms with Crippen LogP contribution in [0.2, 0.25) is 0 Å². The zero-order chi connectivity index (χ0) is 20.6. The topological polar surface area (TPSA) is 79.0 Å². The smallest absolute Gasteiger partial charge is 0.304 e. The summed E-state index contributed by atoms with van der Waals surface area (Å²) >= 11 is 0. The van der Waals surface area contributed by atoms with E-state index in [1.165, 1.54) is 14.1 Å². The summed E-state index contributed by atoms with van der Waals surface area (Å²) in [7, 11) is 0.736. The molecule has 0 heterocycles. The summed E-state index contributed by atoms with van der Waals surface area (Å²) < 4.78 is 32.5. The Morgan fingerprint density at radius 2 is 1.68 bits per heavy atom. The minimum atomic E-state index is -3.77. The monoisotopic (exact) mass is 405 g/mol. The summed E-state index contributed by atoms with van der Waals surface area (Å²) in [6.07, 6.45) is 1.56. The second kappa shape index (κ2) is 10.1. The van der Waals surface area contributed by atoms with Gasteiger partial charge in [0, 0.05) is 20.6 Å². The third kappa shape index (κ3) is 5.97. The standard InChI is InChI=1S/C20H27N3O4S/c1-22(2)28(25,26)23(18-9-5-4-6-10-18)16-20(24)21-15-7-8-17-11-13-19(27-3)14-12-17/h4-6,9-14H,7-8,15-16H2,1-3H3,(H,21,24). The van der Waals surface area contributed by atoms with Crippen LogP contribution in [0.25, 0.3) is 0 Å². The van der Waals surface area contributed by atoms with E-state index in [9.17, 15) is 13.2 Å². The van der Waals surface area contributed by atoms with Gasteiger partial charge in [0.15, 0.2) is 0 Å². The van der Waals surface area contributed by atoms with Gasteiger partial charge in [0.05, 0.1) is 12.8 Å². The first-order valence-electron chi connectivity index (χ1n) is 8.99. The van der Waals surface area contributed by atoms with E-state index in [-0.39, 0.29) is 12.5 Å².